The van der Waals surface area contributed by atoms with Gasteiger partial charge in [-0.3, -0.25) is 0 Å². The van der Waals surface area contributed by atoms with E-state index in [2.05, 4.69) is 38.4 Å². The van der Waals surface area contributed by atoms with E-state index in [9.17, 15) is 0 Å². The van der Waals surface area contributed by atoms with E-state index in [0.717, 1.165) is 5.92 Å². The van der Waals surface area contributed by atoms with E-state index in [1.165, 1.54) is 51.4 Å². The van der Waals surface area contributed by atoms with Gasteiger partial charge in [0, 0.05) is 0 Å². The Morgan fingerprint density at radius 1 is 1.18 bits per heavy atom. The van der Waals surface area contributed by atoms with Crippen LogP contribution < -0.4 is 0 Å². The molecule has 1 fully saturated rings. The second kappa shape index (κ2) is 7.23. The standard InChI is InChI=1S/C16H30Si/c1-5-6-12-16(17(2,3)4)14-13-15-10-8-7-9-11-15/h13,15H,5-12H2,1-4H3. The summed E-state index contributed by atoms with van der Waals surface area (Å²) in [6.45, 7) is 9.66. The Bertz CT molecular complexity index is 270. The first-order valence-corrected chi connectivity index (χ1v) is 11.0. The SMILES string of the molecule is CCCCC(=C=CC1CCCCC1)[Si](C)(C)C. The van der Waals surface area contributed by atoms with Crippen molar-refractivity contribution in [2.45, 2.75) is 77.9 Å². The lowest BCUT2D eigenvalue weighted by molar-refractivity contribution is 0.419. The van der Waals surface area contributed by atoms with Crippen molar-refractivity contribution in [3.05, 3.63) is 17.0 Å². The van der Waals surface area contributed by atoms with Gasteiger partial charge in [-0.15, -0.1) is 5.73 Å². The van der Waals surface area contributed by atoms with Crippen LogP contribution in [-0.2, 0) is 0 Å². The lowest BCUT2D eigenvalue weighted by Crippen LogP contribution is -2.23. The van der Waals surface area contributed by atoms with Crippen LogP contribution in [0.3, 0.4) is 0 Å². The Kier molecular flexibility index (Phi) is 6.30. The van der Waals surface area contributed by atoms with Crippen LogP contribution in [0.4, 0.5) is 0 Å². The summed E-state index contributed by atoms with van der Waals surface area (Å²) in [5.74, 6) is 0.830. The first kappa shape index (κ1) is 14.8. The summed E-state index contributed by atoms with van der Waals surface area (Å²) in [5.41, 5.74) is 3.72. The summed E-state index contributed by atoms with van der Waals surface area (Å²) in [4.78, 5) is 0. The third kappa shape index (κ3) is 5.74. The molecule has 1 aliphatic carbocycles. The minimum Gasteiger partial charge on any atom is -0.130 e. The second-order valence-electron chi connectivity index (χ2n) is 6.54. The third-order valence-electron chi connectivity index (χ3n) is 3.83. The fraction of sp³-hybridized carbons (Fsp3) is 0.812. The Labute approximate surface area is 109 Å². The molecule has 0 atom stereocenters. The van der Waals surface area contributed by atoms with Crippen molar-refractivity contribution in [2.24, 2.45) is 5.92 Å². The topological polar surface area (TPSA) is 0 Å². The van der Waals surface area contributed by atoms with E-state index >= 15 is 0 Å². The molecule has 1 rings (SSSR count). The van der Waals surface area contributed by atoms with Crippen LogP contribution >= 0.6 is 0 Å². The molecule has 1 aliphatic rings. The van der Waals surface area contributed by atoms with Gasteiger partial charge in [0.2, 0.25) is 0 Å². The van der Waals surface area contributed by atoms with Crippen molar-refractivity contribution >= 4 is 8.07 Å². The predicted molar refractivity (Wildman–Crippen MR) is 81.0 cm³/mol. The lowest BCUT2D eigenvalue weighted by atomic mass is 9.89. The van der Waals surface area contributed by atoms with Gasteiger partial charge in [-0.2, -0.15) is 0 Å². The maximum atomic E-state index is 3.72. The second-order valence-corrected chi connectivity index (χ2v) is 11.6. The van der Waals surface area contributed by atoms with Gasteiger partial charge in [-0.05, 0) is 42.9 Å². The van der Waals surface area contributed by atoms with Crippen molar-refractivity contribution in [3.8, 4) is 0 Å². The molecule has 0 aromatic carbocycles. The van der Waals surface area contributed by atoms with Crippen LogP contribution in [0.5, 0.6) is 0 Å². The van der Waals surface area contributed by atoms with Crippen LogP contribution in [0.2, 0.25) is 19.6 Å². The van der Waals surface area contributed by atoms with E-state index < -0.39 is 8.07 Å². The molecule has 0 unspecified atom stereocenters. The molecule has 0 heterocycles. The Hall–Kier alpha value is -0.263. The summed E-state index contributed by atoms with van der Waals surface area (Å²) in [7, 11) is -1.13. The molecule has 0 aliphatic heterocycles. The van der Waals surface area contributed by atoms with E-state index in [0.29, 0.717) is 0 Å². The van der Waals surface area contributed by atoms with Gasteiger partial charge < -0.3 is 0 Å². The quantitative estimate of drug-likeness (QED) is 0.433. The summed E-state index contributed by atoms with van der Waals surface area (Å²) in [6.07, 6.45) is 13.5. The highest BCUT2D eigenvalue weighted by atomic mass is 28.3. The molecule has 0 amide bonds. The first-order valence-electron chi connectivity index (χ1n) is 7.50. The molecule has 0 aromatic heterocycles. The Balaban J connectivity index is 2.69. The van der Waals surface area contributed by atoms with Crippen molar-refractivity contribution in [3.63, 3.8) is 0 Å². The van der Waals surface area contributed by atoms with E-state index in [1.807, 2.05) is 0 Å². The summed E-state index contributed by atoms with van der Waals surface area (Å²) >= 11 is 0. The van der Waals surface area contributed by atoms with Crippen molar-refractivity contribution in [1.82, 2.24) is 0 Å². The molecule has 98 valence electrons. The number of rotatable bonds is 5. The molecule has 1 saturated carbocycles. The van der Waals surface area contributed by atoms with Crippen LogP contribution in [0.1, 0.15) is 58.3 Å². The van der Waals surface area contributed by atoms with Crippen LogP contribution in [0.15, 0.2) is 17.0 Å². The average Bonchev–Trinajstić information content (AvgIpc) is 2.29. The van der Waals surface area contributed by atoms with Crippen molar-refractivity contribution in [2.75, 3.05) is 0 Å². The zero-order valence-electron chi connectivity index (χ0n) is 12.3. The molecule has 0 bridgehead atoms. The van der Waals surface area contributed by atoms with E-state index in [-0.39, 0.29) is 0 Å². The zero-order chi connectivity index (χ0) is 12.7. The number of allylic oxidation sites excluding steroid dienone is 1. The minimum absolute atomic E-state index is 0.830. The third-order valence-corrected chi connectivity index (χ3v) is 6.03. The summed E-state index contributed by atoms with van der Waals surface area (Å²) in [5, 5.41) is 1.66. The van der Waals surface area contributed by atoms with Crippen LogP contribution in [0, 0.1) is 5.92 Å². The van der Waals surface area contributed by atoms with Crippen molar-refractivity contribution < 1.29 is 0 Å². The molecule has 1 heteroatoms. The highest BCUT2D eigenvalue weighted by molar-refractivity contribution is 6.83. The number of hydrogen-bond donors (Lipinski definition) is 0. The van der Waals surface area contributed by atoms with Gasteiger partial charge in [-0.25, -0.2) is 0 Å². The number of hydrogen-bond acceptors (Lipinski definition) is 0. The van der Waals surface area contributed by atoms with Gasteiger partial charge >= 0.3 is 0 Å². The molecule has 0 spiro atoms. The normalized spacial score (nSPS) is 17.6. The van der Waals surface area contributed by atoms with Gasteiger partial charge in [0.15, 0.2) is 0 Å². The van der Waals surface area contributed by atoms with E-state index in [4.69, 9.17) is 0 Å². The molecular weight excluding hydrogens is 220 g/mol. The van der Waals surface area contributed by atoms with Gasteiger partial charge in [0.05, 0.1) is 8.07 Å². The number of unbranched alkanes of at least 4 members (excludes halogenated alkanes) is 1. The maximum absolute atomic E-state index is 3.72. The van der Waals surface area contributed by atoms with Crippen molar-refractivity contribution in [1.29, 1.82) is 0 Å². The summed E-state index contributed by atoms with van der Waals surface area (Å²) < 4.78 is 0. The molecule has 0 aromatic rings. The van der Waals surface area contributed by atoms with Crippen LogP contribution in [-0.4, -0.2) is 8.07 Å². The monoisotopic (exact) mass is 250 g/mol. The van der Waals surface area contributed by atoms with Gasteiger partial charge in [-0.1, -0.05) is 52.2 Å². The average molecular weight is 251 g/mol. The molecule has 0 N–H and O–H groups in total. The van der Waals surface area contributed by atoms with Gasteiger partial charge in [0.1, 0.15) is 0 Å². The summed E-state index contributed by atoms with van der Waals surface area (Å²) in [6, 6.07) is 0. The molecule has 0 nitrogen and oxygen atoms in total. The highest BCUT2D eigenvalue weighted by Gasteiger charge is 2.19. The molecule has 0 saturated heterocycles. The Morgan fingerprint density at radius 2 is 1.82 bits per heavy atom. The maximum Gasteiger partial charge on any atom is 0.0823 e. The fourth-order valence-corrected chi connectivity index (χ4v) is 3.98. The highest BCUT2D eigenvalue weighted by Crippen LogP contribution is 2.25. The zero-order valence-corrected chi connectivity index (χ0v) is 13.3. The van der Waals surface area contributed by atoms with Gasteiger partial charge in [0.25, 0.3) is 0 Å². The Morgan fingerprint density at radius 3 is 2.35 bits per heavy atom. The van der Waals surface area contributed by atoms with E-state index in [1.54, 1.807) is 5.20 Å². The lowest BCUT2D eigenvalue weighted by Gasteiger charge is -2.20. The smallest absolute Gasteiger partial charge is 0.0823 e. The largest absolute Gasteiger partial charge is 0.130 e. The minimum atomic E-state index is -1.13. The predicted octanol–water partition coefficient (Wildman–Crippen LogP) is 5.72. The molecule has 17 heavy (non-hydrogen) atoms. The van der Waals surface area contributed by atoms with Crippen LogP contribution in [0.25, 0.3) is 0 Å². The molecule has 0 radical (unpaired) electrons. The fourth-order valence-electron chi connectivity index (χ4n) is 2.54. The first-order chi connectivity index (χ1) is 8.04. The molecular formula is C16H30Si.